The Morgan fingerprint density at radius 2 is 2.24 bits per heavy atom. The Morgan fingerprint density at radius 1 is 1.38 bits per heavy atom. The highest BCUT2D eigenvalue weighted by atomic mass is 32.1. The van der Waals surface area contributed by atoms with Gasteiger partial charge in [0.25, 0.3) is 0 Å². The van der Waals surface area contributed by atoms with Crippen LogP contribution in [-0.2, 0) is 6.42 Å². The van der Waals surface area contributed by atoms with E-state index in [9.17, 15) is 0 Å². The lowest BCUT2D eigenvalue weighted by Crippen LogP contribution is -2.24. The third-order valence-electron chi connectivity index (χ3n) is 3.86. The molecule has 6 heteroatoms. The van der Waals surface area contributed by atoms with Gasteiger partial charge in [0.1, 0.15) is 10.6 Å². The van der Waals surface area contributed by atoms with Crippen molar-refractivity contribution in [1.82, 2.24) is 14.9 Å². The van der Waals surface area contributed by atoms with Crippen LogP contribution in [0.3, 0.4) is 0 Å². The molecular weight excluding hydrogens is 282 g/mol. The Morgan fingerprint density at radius 3 is 2.90 bits per heavy atom. The number of aryl methyl sites for hydroxylation is 1. The highest BCUT2D eigenvalue weighted by Gasteiger charge is 2.21. The second-order valence-corrected chi connectivity index (χ2v) is 6.72. The van der Waals surface area contributed by atoms with Crippen LogP contribution in [-0.4, -0.2) is 47.6 Å². The Labute approximate surface area is 129 Å². The fourth-order valence-electron chi connectivity index (χ4n) is 2.74. The second-order valence-electron chi connectivity index (χ2n) is 5.60. The Balaban J connectivity index is 1.95. The molecule has 5 nitrogen and oxygen atoms in total. The van der Waals surface area contributed by atoms with E-state index in [4.69, 9.17) is 0 Å². The van der Waals surface area contributed by atoms with E-state index in [1.807, 2.05) is 0 Å². The van der Waals surface area contributed by atoms with Gasteiger partial charge in [0.05, 0.1) is 5.39 Å². The number of likely N-dealkylation sites (N-methyl/N-ethyl adjacent to an activating group) is 1. The van der Waals surface area contributed by atoms with Gasteiger partial charge in [-0.2, -0.15) is 4.98 Å². The monoisotopic (exact) mass is 305 g/mol. The molecule has 2 aromatic rings. The zero-order chi connectivity index (χ0) is 14.8. The lowest BCUT2D eigenvalue weighted by atomic mass is 10.2. The fourth-order valence-corrected chi connectivity index (χ4v) is 3.71. The molecule has 0 spiro atoms. The molecule has 21 heavy (non-hydrogen) atoms. The molecule has 114 valence electrons. The van der Waals surface area contributed by atoms with E-state index in [2.05, 4.69) is 52.5 Å². The maximum absolute atomic E-state index is 4.68. The standard InChI is InChI=1S/C15H23N5S/c1-4-11-8-12-13(17-10-6-7-20(3)9-10)18-15(16-5-2)19-14(12)21-11/h8,10H,4-7,9H2,1-3H3,(H2,16,17,18,19). The maximum Gasteiger partial charge on any atom is 0.226 e. The molecule has 3 rings (SSSR count). The van der Waals surface area contributed by atoms with Gasteiger partial charge in [-0.3, -0.25) is 0 Å². The number of hydrogen-bond acceptors (Lipinski definition) is 6. The van der Waals surface area contributed by atoms with Gasteiger partial charge in [-0.15, -0.1) is 11.3 Å². The molecule has 1 fully saturated rings. The average Bonchev–Trinajstić information content (AvgIpc) is 3.05. The van der Waals surface area contributed by atoms with E-state index in [0.717, 1.165) is 48.0 Å². The summed E-state index contributed by atoms with van der Waals surface area (Å²) < 4.78 is 0. The summed E-state index contributed by atoms with van der Waals surface area (Å²) >= 11 is 1.77. The first-order chi connectivity index (χ1) is 10.2. The molecule has 0 saturated carbocycles. The molecular formula is C15H23N5S. The molecule has 1 saturated heterocycles. The van der Waals surface area contributed by atoms with E-state index in [-0.39, 0.29) is 0 Å². The smallest absolute Gasteiger partial charge is 0.226 e. The van der Waals surface area contributed by atoms with E-state index in [1.165, 1.54) is 11.3 Å². The van der Waals surface area contributed by atoms with E-state index in [1.54, 1.807) is 11.3 Å². The van der Waals surface area contributed by atoms with Crippen LogP contribution in [0.15, 0.2) is 6.07 Å². The molecule has 0 aliphatic carbocycles. The molecule has 0 bridgehead atoms. The molecule has 1 aliphatic rings. The minimum atomic E-state index is 0.479. The topological polar surface area (TPSA) is 53.1 Å². The van der Waals surface area contributed by atoms with Gasteiger partial charge >= 0.3 is 0 Å². The van der Waals surface area contributed by atoms with Crippen LogP contribution in [0.4, 0.5) is 11.8 Å². The molecule has 3 heterocycles. The Kier molecular flexibility index (Phi) is 4.26. The molecule has 1 atom stereocenters. The number of nitrogens with one attached hydrogen (secondary N) is 2. The summed E-state index contributed by atoms with van der Waals surface area (Å²) in [5.74, 6) is 1.70. The van der Waals surface area contributed by atoms with Crippen molar-refractivity contribution in [2.24, 2.45) is 0 Å². The van der Waals surface area contributed by atoms with Crippen molar-refractivity contribution in [1.29, 1.82) is 0 Å². The summed E-state index contributed by atoms with van der Waals surface area (Å²) in [5.41, 5.74) is 0. The van der Waals surface area contributed by atoms with Gasteiger partial charge in [0, 0.05) is 24.0 Å². The fraction of sp³-hybridized carbons (Fsp3) is 0.600. The quantitative estimate of drug-likeness (QED) is 0.889. The molecule has 2 aromatic heterocycles. The first-order valence-corrected chi connectivity index (χ1v) is 8.50. The molecule has 1 aliphatic heterocycles. The number of anilines is 2. The number of hydrogen-bond donors (Lipinski definition) is 2. The van der Waals surface area contributed by atoms with Gasteiger partial charge in [-0.05, 0) is 39.4 Å². The first kappa shape index (κ1) is 14.5. The van der Waals surface area contributed by atoms with E-state index < -0.39 is 0 Å². The first-order valence-electron chi connectivity index (χ1n) is 7.69. The van der Waals surface area contributed by atoms with Crippen molar-refractivity contribution in [3.8, 4) is 0 Å². The lowest BCUT2D eigenvalue weighted by molar-refractivity contribution is 0.414. The number of thiophene rings is 1. The molecule has 1 unspecified atom stereocenters. The Bertz CT molecular complexity index is 624. The molecule has 0 aromatic carbocycles. The second kappa shape index (κ2) is 6.15. The van der Waals surface area contributed by atoms with Gasteiger partial charge in [-0.1, -0.05) is 6.92 Å². The SMILES string of the molecule is CCNc1nc(NC2CCN(C)C2)c2cc(CC)sc2n1. The molecule has 0 amide bonds. The average molecular weight is 305 g/mol. The van der Waals surface area contributed by atoms with Crippen LogP contribution in [0, 0.1) is 0 Å². The highest BCUT2D eigenvalue weighted by molar-refractivity contribution is 7.18. The van der Waals surface area contributed by atoms with Gasteiger partial charge in [0.15, 0.2) is 0 Å². The van der Waals surface area contributed by atoms with Crippen molar-refractivity contribution in [2.45, 2.75) is 32.7 Å². The number of likely N-dealkylation sites (tertiary alicyclic amines) is 1. The number of fused-ring (bicyclic) bond motifs is 1. The summed E-state index contributed by atoms with van der Waals surface area (Å²) in [7, 11) is 2.17. The van der Waals surface area contributed by atoms with Crippen LogP contribution in [0.25, 0.3) is 10.2 Å². The minimum absolute atomic E-state index is 0.479. The summed E-state index contributed by atoms with van der Waals surface area (Å²) in [4.78, 5) is 14.1. The van der Waals surface area contributed by atoms with Gasteiger partial charge < -0.3 is 15.5 Å². The third-order valence-corrected chi connectivity index (χ3v) is 5.03. The lowest BCUT2D eigenvalue weighted by Gasteiger charge is -2.15. The maximum atomic E-state index is 4.68. The highest BCUT2D eigenvalue weighted by Crippen LogP contribution is 2.31. The van der Waals surface area contributed by atoms with Crippen molar-refractivity contribution in [3.05, 3.63) is 10.9 Å². The van der Waals surface area contributed by atoms with Crippen molar-refractivity contribution in [3.63, 3.8) is 0 Å². The van der Waals surface area contributed by atoms with Crippen molar-refractivity contribution < 1.29 is 0 Å². The van der Waals surface area contributed by atoms with Crippen LogP contribution in [0.5, 0.6) is 0 Å². The van der Waals surface area contributed by atoms with Gasteiger partial charge in [0.2, 0.25) is 5.95 Å². The molecule has 0 radical (unpaired) electrons. The minimum Gasteiger partial charge on any atom is -0.365 e. The predicted molar refractivity (Wildman–Crippen MR) is 90.5 cm³/mol. The molecule has 2 N–H and O–H groups in total. The third kappa shape index (κ3) is 3.11. The zero-order valence-corrected chi connectivity index (χ0v) is 13.8. The van der Waals surface area contributed by atoms with Gasteiger partial charge in [-0.25, -0.2) is 4.98 Å². The van der Waals surface area contributed by atoms with E-state index >= 15 is 0 Å². The summed E-state index contributed by atoms with van der Waals surface area (Å²) in [6.45, 7) is 7.31. The summed E-state index contributed by atoms with van der Waals surface area (Å²) in [5, 5.41) is 8.02. The Hall–Kier alpha value is -1.40. The van der Waals surface area contributed by atoms with Crippen LogP contribution < -0.4 is 10.6 Å². The summed E-state index contributed by atoms with van der Waals surface area (Å²) in [6.07, 6.45) is 2.21. The summed E-state index contributed by atoms with van der Waals surface area (Å²) in [6, 6.07) is 2.71. The number of aromatic nitrogens is 2. The van der Waals surface area contributed by atoms with Crippen molar-refractivity contribution >= 4 is 33.3 Å². The van der Waals surface area contributed by atoms with E-state index in [0.29, 0.717) is 6.04 Å². The van der Waals surface area contributed by atoms with Crippen LogP contribution >= 0.6 is 11.3 Å². The van der Waals surface area contributed by atoms with Crippen LogP contribution in [0.1, 0.15) is 25.1 Å². The van der Waals surface area contributed by atoms with Crippen LogP contribution in [0.2, 0.25) is 0 Å². The number of nitrogens with zero attached hydrogens (tertiary/aromatic N) is 3. The normalized spacial score (nSPS) is 19.3. The number of rotatable bonds is 5. The van der Waals surface area contributed by atoms with Crippen molar-refractivity contribution in [2.75, 3.05) is 37.3 Å². The predicted octanol–water partition coefficient (Wildman–Crippen LogP) is 2.80. The largest absolute Gasteiger partial charge is 0.365 e. The zero-order valence-electron chi connectivity index (χ0n) is 12.9.